The lowest BCUT2D eigenvalue weighted by molar-refractivity contribution is 0.328. The quantitative estimate of drug-likeness (QED) is 0.574. The Morgan fingerprint density at radius 3 is 2.50 bits per heavy atom. The average molecular weight is 380 g/mol. The maximum absolute atomic E-state index is 5.92. The van der Waals surface area contributed by atoms with E-state index in [1.807, 2.05) is 0 Å². The lowest BCUT2D eigenvalue weighted by Gasteiger charge is -2.25. The number of rotatable bonds is 7. The van der Waals surface area contributed by atoms with E-state index in [1.165, 1.54) is 28.9 Å². The first kappa shape index (κ1) is 17.5. The van der Waals surface area contributed by atoms with Crippen LogP contribution in [-0.4, -0.2) is 28.5 Å². The van der Waals surface area contributed by atoms with E-state index < -0.39 is 8.32 Å². The number of fused-ring (bicyclic) bond motifs is 1. The van der Waals surface area contributed by atoms with Crippen LogP contribution in [0.25, 0.3) is 10.8 Å². The summed E-state index contributed by atoms with van der Waals surface area (Å²) in [6.07, 6.45) is 1.18. The summed E-state index contributed by atoms with van der Waals surface area (Å²) < 4.78 is 7.07. The fourth-order valence-electron chi connectivity index (χ4n) is 2.91. The van der Waals surface area contributed by atoms with Crippen LogP contribution in [0.3, 0.4) is 0 Å². The number of hydrogen-bond donors (Lipinski definition) is 0. The largest absolute Gasteiger partial charge is 0.418 e. The molecule has 0 saturated carbocycles. The highest BCUT2D eigenvalue weighted by Gasteiger charge is 2.21. The predicted molar refractivity (Wildman–Crippen MR) is 103 cm³/mol. The van der Waals surface area contributed by atoms with Gasteiger partial charge in [-0.15, -0.1) is 0 Å². The van der Waals surface area contributed by atoms with Crippen LogP contribution in [0, 0.1) is 0 Å². The van der Waals surface area contributed by atoms with Gasteiger partial charge in [-0.1, -0.05) is 40.2 Å². The molecule has 2 aromatic rings. The summed E-state index contributed by atoms with van der Waals surface area (Å²) in [5.74, 6) is 0. The average Bonchev–Trinajstić information content (AvgIpc) is 2.46. The second kappa shape index (κ2) is 7.62. The zero-order valence-electron chi connectivity index (χ0n) is 14.0. The van der Waals surface area contributed by atoms with E-state index in [1.54, 1.807) is 0 Å². The molecule has 0 spiro atoms. The molecule has 0 aliphatic heterocycles. The minimum absolute atomic E-state index is 0.840. The first-order valence-corrected chi connectivity index (χ1v) is 11.9. The summed E-state index contributed by atoms with van der Waals surface area (Å²) in [7, 11) is 0.718. The molecule has 22 heavy (non-hydrogen) atoms. The second-order valence-corrected chi connectivity index (χ2v) is 11.5. The van der Waals surface area contributed by atoms with E-state index in [4.69, 9.17) is 4.43 Å². The van der Waals surface area contributed by atoms with Gasteiger partial charge < -0.3 is 9.33 Å². The standard InChI is InChI=1S/C18H26BrNOSi/c1-5-21-22(3,4)14-8-13-20(2)18-12-7-9-15-16(18)10-6-11-17(15)19/h6-7,9-12H,5,8,13-14H2,1-4H3. The van der Waals surface area contributed by atoms with Gasteiger partial charge in [-0.2, -0.15) is 0 Å². The van der Waals surface area contributed by atoms with Crippen molar-refractivity contribution >= 4 is 40.7 Å². The van der Waals surface area contributed by atoms with Gasteiger partial charge in [0.05, 0.1) is 0 Å². The van der Waals surface area contributed by atoms with Crippen molar-refractivity contribution in [2.24, 2.45) is 0 Å². The molecule has 0 radical (unpaired) electrons. The highest BCUT2D eigenvalue weighted by Crippen LogP contribution is 2.31. The molecule has 0 heterocycles. The summed E-state index contributed by atoms with van der Waals surface area (Å²) in [6, 6.07) is 14.1. The van der Waals surface area contributed by atoms with Gasteiger partial charge in [0.15, 0.2) is 8.32 Å². The third-order valence-electron chi connectivity index (χ3n) is 4.06. The van der Waals surface area contributed by atoms with E-state index in [2.05, 4.69) is 84.3 Å². The van der Waals surface area contributed by atoms with Gasteiger partial charge in [-0.25, -0.2) is 0 Å². The molecule has 0 atom stereocenters. The zero-order valence-corrected chi connectivity index (χ0v) is 16.6. The van der Waals surface area contributed by atoms with Crippen LogP contribution in [0.4, 0.5) is 5.69 Å². The van der Waals surface area contributed by atoms with Crippen molar-refractivity contribution in [2.75, 3.05) is 25.1 Å². The molecular weight excluding hydrogens is 354 g/mol. The van der Waals surface area contributed by atoms with Crippen LogP contribution in [0.1, 0.15) is 13.3 Å². The molecule has 0 amide bonds. The summed E-state index contributed by atoms with van der Waals surface area (Å²) in [5.41, 5.74) is 1.30. The number of hydrogen-bond acceptors (Lipinski definition) is 2. The SMILES string of the molecule is CCO[Si](C)(C)CCCN(C)c1cccc2c(Br)cccc12. The van der Waals surface area contributed by atoms with E-state index >= 15 is 0 Å². The van der Waals surface area contributed by atoms with Crippen molar-refractivity contribution in [1.82, 2.24) is 0 Å². The Morgan fingerprint density at radius 1 is 1.09 bits per heavy atom. The van der Waals surface area contributed by atoms with Gasteiger partial charge in [-0.3, -0.25) is 0 Å². The molecule has 2 aromatic carbocycles. The van der Waals surface area contributed by atoms with E-state index in [-0.39, 0.29) is 0 Å². The Morgan fingerprint density at radius 2 is 1.77 bits per heavy atom. The molecule has 0 aliphatic rings. The van der Waals surface area contributed by atoms with Gasteiger partial charge in [0.1, 0.15) is 0 Å². The maximum Gasteiger partial charge on any atom is 0.186 e. The third-order valence-corrected chi connectivity index (χ3v) is 7.38. The van der Waals surface area contributed by atoms with E-state index in [9.17, 15) is 0 Å². The van der Waals surface area contributed by atoms with Gasteiger partial charge in [0, 0.05) is 35.7 Å². The summed E-state index contributed by atoms with van der Waals surface area (Å²) in [5, 5.41) is 2.58. The van der Waals surface area contributed by atoms with Crippen molar-refractivity contribution in [3.8, 4) is 0 Å². The van der Waals surface area contributed by atoms with Crippen molar-refractivity contribution in [3.63, 3.8) is 0 Å². The van der Waals surface area contributed by atoms with Crippen LogP contribution >= 0.6 is 15.9 Å². The summed E-state index contributed by atoms with van der Waals surface area (Å²) in [4.78, 5) is 2.37. The van der Waals surface area contributed by atoms with Gasteiger partial charge in [0.2, 0.25) is 0 Å². The third kappa shape index (κ3) is 4.34. The Bertz CT molecular complexity index is 630. The molecule has 0 aromatic heterocycles. The Kier molecular flexibility index (Phi) is 6.06. The number of nitrogens with zero attached hydrogens (tertiary/aromatic N) is 1. The Labute approximate surface area is 143 Å². The Balaban J connectivity index is 2.07. The molecule has 2 nitrogen and oxygen atoms in total. The lowest BCUT2D eigenvalue weighted by Crippen LogP contribution is -2.31. The number of benzene rings is 2. The van der Waals surface area contributed by atoms with Gasteiger partial charge in [-0.05, 0) is 50.0 Å². The molecule has 0 unspecified atom stereocenters. The van der Waals surface area contributed by atoms with Crippen molar-refractivity contribution < 1.29 is 4.43 Å². The Hall–Kier alpha value is -0.843. The highest BCUT2D eigenvalue weighted by atomic mass is 79.9. The van der Waals surface area contributed by atoms with Crippen molar-refractivity contribution in [2.45, 2.75) is 32.5 Å². The molecule has 4 heteroatoms. The first-order chi connectivity index (χ1) is 10.4. The predicted octanol–water partition coefficient (Wildman–Crippen LogP) is 5.67. The number of halogens is 1. The minimum atomic E-state index is -1.47. The topological polar surface area (TPSA) is 12.5 Å². The number of anilines is 1. The van der Waals surface area contributed by atoms with Crippen LogP contribution in [0.2, 0.25) is 19.1 Å². The fourth-order valence-corrected chi connectivity index (χ4v) is 5.35. The lowest BCUT2D eigenvalue weighted by atomic mass is 10.1. The van der Waals surface area contributed by atoms with Crippen LogP contribution in [0.15, 0.2) is 40.9 Å². The van der Waals surface area contributed by atoms with Crippen molar-refractivity contribution in [1.29, 1.82) is 0 Å². The van der Waals surface area contributed by atoms with Crippen molar-refractivity contribution in [3.05, 3.63) is 40.9 Å². The zero-order chi connectivity index (χ0) is 16.2. The van der Waals surface area contributed by atoms with Gasteiger partial charge in [0.25, 0.3) is 0 Å². The molecule has 2 rings (SSSR count). The molecule has 0 bridgehead atoms. The molecular formula is C18H26BrNOSi. The van der Waals surface area contributed by atoms with Crippen LogP contribution < -0.4 is 4.90 Å². The van der Waals surface area contributed by atoms with Crippen LogP contribution in [0.5, 0.6) is 0 Å². The minimum Gasteiger partial charge on any atom is -0.418 e. The normalized spacial score (nSPS) is 11.9. The molecule has 0 saturated heterocycles. The smallest absolute Gasteiger partial charge is 0.186 e. The monoisotopic (exact) mass is 379 g/mol. The summed E-state index contributed by atoms with van der Waals surface area (Å²) in [6.45, 7) is 8.62. The fraction of sp³-hybridized carbons (Fsp3) is 0.444. The molecule has 0 N–H and O–H groups in total. The second-order valence-electron chi connectivity index (χ2n) is 6.33. The summed E-state index contributed by atoms with van der Waals surface area (Å²) >= 11 is 3.65. The van der Waals surface area contributed by atoms with E-state index in [0.717, 1.165) is 17.6 Å². The van der Waals surface area contributed by atoms with E-state index in [0.29, 0.717) is 0 Å². The molecule has 0 aliphatic carbocycles. The first-order valence-electron chi connectivity index (χ1n) is 7.97. The van der Waals surface area contributed by atoms with Crippen LogP contribution in [-0.2, 0) is 4.43 Å². The molecule has 120 valence electrons. The molecule has 0 fully saturated rings. The highest BCUT2D eigenvalue weighted by molar-refractivity contribution is 9.10. The maximum atomic E-state index is 5.92. The van der Waals surface area contributed by atoms with Gasteiger partial charge >= 0.3 is 0 Å².